The summed E-state index contributed by atoms with van der Waals surface area (Å²) in [6.07, 6.45) is 0.710. The Hall–Kier alpha value is -3.20. The number of nitrogens with one attached hydrogen (secondary N) is 4. The van der Waals surface area contributed by atoms with E-state index in [1.165, 1.54) is 11.8 Å². The lowest BCUT2D eigenvalue weighted by molar-refractivity contribution is -0.139. The molecule has 15 heteroatoms. The van der Waals surface area contributed by atoms with E-state index >= 15 is 0 Å². The molecule has 0 aromatic heterocycles. The molecule has 0 fully saturated rings. The summed E-state index contributed by atoms with van der Waals surface area (Å²) in [6, 6.07) is -5.35. The second-order valence-corrected chi connectivity index (χ2v) is 8.11. The first kappa shape index (κ1) is 30.8. The fourth-order valence-electron chi connectivity index (χ4n) is 2.63. The van der Waals surface area contributed by atoms with Crippen LogP contribution in [-0.2, 0) is 33.6 Å². The second-order valence-electron chi connectivity index (χ2n) is 7.12. The summed E-state index contributed by atoms with van der Waals surface area (Å²) in [5.41, 5.74) is 0. The first-order valence-corrected chi connectivity index (χ1v) is 11.5. The fraction of sp³-hybridized carbons (Fsp3) is 0.632. The number of aliphatic hydroxyl groups is 1. The Morgan fingerprint density at radius 3 is 1.82 bits per heavy atom. The van der Waals surface area contributed by atoms with Crippen LogP contribution in [-0.4, -0.2) is 100.0 Å². The maximum Gasteiger partial charge on any atom is 0.305 e. The zero-order valence-corrected chi connectivity index (χ0v) is 19.6. The lowest BCUT2D eigenvalue weighted by atomic mass is 10.1. The summed E-state index contributed by atoms with van der Waals surface area (Å²) in [4.78, 5) is 81.5. The number of carboxylic acids is 2. The highest BCUT2D eigenvalue weighted by molar-refractivity contribution is 7.98. The third-order valence-electron chi connectivity index (χ3n) is 4.29. The van der Waals surface area contributed by atoms with Gasteiger partial charge in [-0.3, -0.25) is 28.8 Å². The van der Waals surface area contributed by atoms with Crippen LogP contribution in [0.2, 0.25) is 0 Å². The van der Waals surface area contributed by atoms with Crippen molar-refractivity contribution in [3.05, 3.63) is 0 Å². The highest BCUT2D eigenvalue weighted by atomic mass is 32.2. The standard InChI is InChI=1S/C19H30N4O10S/c1-10(26)20-12(3-4-15(27)28)18(32)23-14(9-25)19(33)22-13(5-6-34-2)17(31)21-11(8-24)7-16(29)30/h8,11-14,25H,3-7,9H2,1-2H3,(H,20,26)(H,21,31)(H,22,33)(H,23,32)(H,27,28)(H,29,30). The van der Waals surface area contributed by atoms with Gasteiger partial charge in [-0.2, -0.15) is 11.8 Å². The summed E-state index contributed by atoms with van der Waals surface area (Å²) in [5.74, 6) is -5.45. The van der Waals surface area contributed by atoms with Gasteiger partial charge in [0.05, 0.1) is 19.1 Å². The molecule has 0 spiro atoms. The number of carbonyl (C=O) groups excluding carboxylic acids is 5. The van der Waals surface area contributed by atoms with Crippen LogP contribution in [0.4, 0.5) is 0 Å². The molecular formula is C19H30N4O10S. The molecule has 0 aromatic carbocycles. The van der Waals surface area contributed by atoms with Gasteiger partial charge in [0.15, 0.2) is 0 Å². The van der Waals surface area contributed by atoms with Crippen LogP contribution in [0, 0.1) is 0 Å². The van der Waals surface area contributed by atoms with E-state index in [4.69, 9.17) is 10.2 Å². The molecule has 0 heterocycles. The van der Waals surface area contributed by atoms with Crippen LogP contribution in [0.5, 0.6) is 0 Å². The van der Waals surface area contributed by atoms with E-state index in [1.807, 2.05) is 0 Å². The third-order valence-corrected chi connectivity index (χ3v) is 4.93. The largest absolute Gasteiger partial charge is 0.481 e. The van der Waals surface area contributed by atoms with Crippen molar-refractivity contribution < 1.29 is 48.9 Å². The van der Waals surface area contributed by atoms with Crippen molar-refractivity contribution in [2.75, 3.05) is 18.6 Å². The van der Waals surface area contributed by atoms with Crippen LogP contribution in [0.25, 0.3) is 0 Å². The lowest BCUT2D eigenvalue weighted by Gasteiger charge is -2.24. The zero-order valence-electron chi connectivity index (χ0n) is 18.7. The monoisotopic (exact) mass is 506 g/mol. The molecule has 0 radical (unpaired) electrons. The lowest BCUT2D eigenvalue weighted by Crippen LogP contribution is -2.58. The van der Waals surface area contributed by atoms with Gasteiger partial charge in [0.2, 0.25) is 23.6 Å². The van der Waals surface area contributed by atoms with Crippen molar-refractivity contribution in [2.45, 2.75) is 56.8 Å². The van der Waals surface area contributed by atoms with E-state index in [1.54, 1.807) is 6.26 Å². The van der Waals surface area contributed by atoms with Gasteiger partial charge in [-0.15, -0.1) is 0 Å². The maximum absolute atomic E-state index is 12.6. The van der Waals surface area contributed by atoms with Crippen molar-refractivity contribution in [2.24, 2.45) is 0 Å². The van der Waals surface area contributed by atoms with E-state index in [9.17, 15) is 38.7 Å². The molecule has 0 saturated heterocycles. The van der Waals surface area contributed by atoms with Gasteiger partial charge < -0.3 is 41.4 Å². The zero-order chi connectivity index (χ0) is 26.3. The number of thioether (sulfide) groups is 1. The minimum absolute atomic E-state index is 0.0939. The van der Waals surface area contributed by atoms with Crippen molar-refractivity contribution in [1.29, 1.82) is 0 Å². The van der Waals surface area contributed by atoms with E-state index in [-0.39, 0.29) is 19.1 Å². The second kappa shape index (κ2) is 16.4. The van der Waals surface area contributed by atoms with Gasteiger partial charge >= 0.3 is 11.9 Å². The van der Waals surface area contributed by atoms with Gasteiger partial charge in [-0.1, -0.05) is 0 Å². The number of aldehydes is 1. The number of carboxylic acid groups (broad SMARTS) is 2. The van der Waals surface area contributed by atoms with E-state index in [0.29, 0.717) is 5.75 Å². The minimum Gasteiger partial charge on any atom is -0.481 e. The molecule has 4 unspecified atom stereocenters. The first-order valence-electron chi connectivity index (χ1n) is 10.1. The topological polar surface area (TPSA) is 228 Å². The number of amides is 4. The molecule has 14 nitrogen and oxygen atoms in total. The molecule has 4 atom stereocenters. The average Bonchev–Trinajstić information content (AvgIpc) is 2.75. The number of hydrogen-bond acceptors (Lipinski definition) is 9. The van der Waals surface area contributed by atoms with E-state index in [0.717, 1.165) is 6.92 Å². The smallest absolute Gasteiger partial charge is 0.305 e. The maximum atomic E-state index is 12.6. The Balaban J connectivity index is 5.34. The van der Waals surface area contributed by atoms with Gasteiger partial charge in [0.25, 0.3) is 0 Å². The highest BCUT2D eigenvalue weighted by Gasteiger charge is 2.30. The fourth-order valence-corrected chi connectivity index (χ4v) is 3.10. The normalized spacial score (nSPS) is 14.0. The number of aliphatic hydroxyl groups excluding tert-OH is 1. The average molecular weight is 507 g/mol. The van der Waals surface area contributed by atoms with E-state index < -0.39 is 79.2 Å². The predicted molar refractivity (Wildman–Crippen MR) is 119 cm³/mol. The van der Waals surface area contributed by atoms with Crippen LogP contribution in [0.15, 0.2) is 0 Å². The number of rotatable bonds is 17. The summed E-state index contributed by atoms with van der Waals surface area (Å²) >= 11 is 1.35. The summed E-state index contributed by atoms with van der Waals surface area (Å²) in [5, 5.41) is 36.2. The summed E-state index contributed by atoms with van der Waals surface area (Å²) in [7, 11) is 0. The van der Waals surface area contributed by atoms with Crippen molar-refractivity contribution in [3.8, 4) is 0 Å². The number of hydrogen-bond donors (Lipinski definition) is 7. The Morgan fingerprint density at radius 1 is 0.824 bits per heavy atom. The van der Waals surface area contributed by atoms with Crippen LogP contribution in [0.3, 0.4) is 0 Å². The molecule has 192 valence electrons. The Bertz CT molecular complexity index is 763. The van der Waals surface area contributed by atoms with Crippen molar-refractivity contribution in [3.63, 3.8) is 0 Å². The Morgan fingerprint density at radius 2 is 1.35 bits per heavy atom. The SMILES string of the molecule is CSCCC(NC(=O)C(CO)NC(=O)C(CCC(=O)O)NC(C)=O)C(=O)NC(C=O)CC(=O)O. The van der Waals surface area contributed by atoms with Crippen LogP contribution < -0.4 is 21.3 Å². The first-order chi connectivity index (χ1) is 15.9. The van der Waals surface area contributed by atoms with Gasteiger partial charge in [-0.25, -0.2) is 0 Å². The molecule has 0 bridgehead atoms. The van der Waals surface area contributed by atoms with Crippen molar-refractivity contribution >= 4 is 53.6 Å². The summed E-state index contributed by atoms with van der Waals surface area (Å²) < 4.78 is 0. The van der Waals surface area contributed by atoms with Crippen LogP contribution >= 0.6 is 11.8 Å². The molecule has 34 heavy (non-hydrogen) atoms. The quantitative estimate of drug-likeness (QED) is 0.0998. The number of carbonyl (C=O) groups is 7. The van der Waals surface area contributed by atoms with Gasteiger partial charge in [0, 0.05) is 13.3 Å². The Kier molecular flexibility index (Phi) is 14.9. The highest BCUT2D eigenvalue weighted by Crippen LogP contribution is 2.04. The minimum atomic E-state index is -1.54. The molecule has 0 saturated carbocycles. The Labute approximate surface area is 199 Å². The molecule has 0 rings (SSSR count). The number of aliphatic carboxylic acids is 2. The van der Waals surface area contributed by atoms with E-state index in [2.05, 4.69) is 21.3 Å². The molecular weight excluding hydrogens is 476 g/mol. The van der Waals surface area contributed by atoms with Crippen LogP contribution in [0.1, 0.15) is 32.6 Å². The van der Waals surface area contributed by atoms with Crippen molar-refractivity contribution in [1.82, 2.24) is 21.3 Å². The predicted octanol–water partition coefficient (Wildman–Crippen LogP) is -2.77. The summed E-state index contributed by atoms with van der Waals surface area (Å²) in [6.45, 7) is 0.235. The molecule has 7 N–H and O–H groups in total. The molecule has 4 amide bonds. The molecule has 0 aliphatic carbocycles. The molecule has 0 aliphatic heterocycles. The third kappa shape index (κ3) is 12.7. The van der Waals surface area contributed by atoms with Gasteiger partial charge in [-0.05, 0) is 24.9 Å². The van der Waals surface area contributed by atoms with Gasteiger partial charge in [0.1, 0.15) is 24.4 Å². The molecule has 0 aromatic rings. The molecule has 0 aliphatic rings.